The molecule has 0 unspecified atom stereocenters. The maximum Gasteiger partial charge on any atom is 0.417 e. The van der Waals surface area contributed by atoms with E-state index in [4.69, 9.17) is 14.2 Å². The summed E-state index contributed by atoms with van der Waals surface area (Å²) in [7, 11) is 1.02. The van der Waals surface area contributed by atoms with Crippen molar-refractivity contribution in [2.24, 2.45) is 5.92 Å². The Morgan fingerprint density at radius 3 is 2.51 bits per heavy atom. The normalized spacial score (nSPS) is 24.2. The standard InChI is InChI=1S/C23H21F5N2O5/c1-5-34-21(32)15-17(30-9-11(8-29)18(15)31)20-14(10(2)22(3,35-20)23(26,27)28)12-6-7-13(24)16(25)19(12)33-4/h6-7,9-10,14,20H,5H2,1-4H3,(H,30,31)/t10-,14-,20+,22+/m0/s1. The van der Waals surface area contributed by atoms with E-state index in [-0.39, 0.29) is 12.2 Å². The van der Waals surface area contributed by atoms with Crippen LogP contribution in [0, 0.1) is 28.9 Å². The van der Waals surface area contributed by atoms with Crippen molar-refractivity contribution in [1.82, 2.24) is 4.98 Å². The fourth-order valence-electron chi connectivity index (χ4n) is 4.32. The zero-order valence-electron chi connectivity index (χ0n) is 19.0. The number of rotatable bonds is 5. The van der Waals surface area contributed by atoms with Crippen LogP contribution in [0.2, 0.25) is 0 Å². The van der Waals surface area contributed by atoms with E-state index in [0.29, 0.717) is 0 Å². The van der Waals surface area contributed by atoms with E-state index in [1.54, 1.807) is 6.07 Å². The highest BCUT2D eigenvalue weighted by Gasteiger charge is 2.65. The zero-order chi connectivity index (χ0) is 26.3. The third-order valence-electron chi connectivity index (χ3n) is 6.31. The van der Waals surface area contributed by atoms with E-state index in [1.807, 2.05) is 0 Å². The Balaban J connectivity index is 2.36. The number of benzene rings is 1. The van der Waals surface area contributed by atoms with Gasteiger partial charge < -0.3 is 19.2 Å². The second kappa shape index (κ2) is 9.30. The van der Waals surface area contributed by atoms with Crippen molar-refractivity contribution in [2.75, 3.05) is 13.7 Å². The van der Waals surface area contributed by atoms with Crippen molar-refractivity contribution >= 4 is 5.97 Å². The van der Waals surface area contributed by atoms with Crippen LogP contribution in [-0.4, -0.2) is 36.4 Å². The first kappa shape index (κ1) is 26.2. The van der Waals surface area contributed by atoms with E-state index < -0.39 is 75.3 Å². The van der Waals surface area contributed by atoms with Crippen LogP contribution in [0.3, 0.4) is 0 Å². The number of H-pyrrole nitrogens is 1. The predicted molar refractivity (Wildman–Crippen MR) is 111 cm³/mol. The van der Waals surface area contributed by atoms with Crippen LogP contribution in [0.4, 0.5) is 22.0 Å². The third-order valence-corrected chi connectivity index (χ3v) is 6.31. The number of nitrogens with zero attached hydrogens (tertiary/aromatic N) is 1. The van der Waals surface area contributed by atoms with Crippen LogP contribution in [0.1, 0.15) is 60.0 Å². The van der Waals surface area contributed by atoms with E-state index in [0.717, 1.165) is 32.4 Å². The van der Waals surface area contributed by atoms with Crippen LogP contribution in [0.15, 0.2) is 23.1 Å². The van der Waals surface area contributed by atoms with Crippen molar-refractivity contribution < 1.29 is 41.0 Å². The molecule has 1 N–H and O–H groups in total. The minimum atomic E-state index is -4.93. The SMILES string of the molecule is CCOC(=O)c1c([C@@H]2O[C@@](C)(C(F)(F)F)[C@@H](C)[C@H]2c2ccc(F)c(F)c2OC)[nH]cc(C#N)c1=O. The average Bonchev–Trinajstić information content (AvgIpc) is 3.07. The highest BCUT2D eigenvalue weighted by Crippen LogP contribution is 2.59. The van der Waals surface area contributed by atoms with Crippen molar-refractivity contribution in [1.29, 1.82) is 5.26 Å². The van der Waals surface area contributed by atoms with Gasteiger partial charge in [-0.25, -0.2) is 9.18 Å². The number of nitriles is 1. The molecule has 3 rings (SSSR count). The lowest BCUT2D eigenvalue weighted by molar-refractivity contribution is -0.275. The number of hydrogen-bond acceptors (Lipinski definition) is 6. The Hall–Kier alpha value is -3.46. The van der Waals surface area contributed by atoms with Gasteiger partial charge in [-0.3, -0.25) is 4.79 Å². The molecule has 1 fully saturated rings. The number of aromatic amines is 1. The molecule has 0 spiro atoms. The first-order chi connectivity index (χ1) is 16.3. The van der Waals surface area contributed by atoms with Crippen LogP contribution < -0.4 is 10.2 Å². The molecule has 0 saturated carbocycles. The van der Waals surface area contributed by atoms with Crippen LogP contribution in [0.25, 0.3) is 0 Å². The lowest BCUT2D eigenvalue weighted by Crippen LogP contribution is -2.46. The van der Waals surface area contributed by atoms with Gasteiger partial charge in [0.1, 0.15) is 23.3 Å². The van der Waals surface area contributed by atoms with Crippen LogP contribution in [0.5, 0.6) is 5.75 Å². The number of carbonyl (C=O) groups is 1. The molecule has 2 aromatic rings. The van der Waals surface area contributed by atoms with E-state index in [9.17, 15) is 36.8 Å². The molecule has 0 aliphatic carbocycles. The Morgan fingerprint density at radius 1 is 1.31 bits per heavy atom. The van der Waals surface area contributed by atoms with Crippen LogP contribution in [-0.2, 0) is 9.47 Å². The summed E-state index contributed by atoms with van der Waals surface area (Å²) in [6.45, 7) is 3.26. The first-order valence-electron chi connectivity index (χ1n) is 10.4. The summed E-state index contributed by atoms with van der Waals surface area (Å²) in [4.78, 5) is 28.0. The molecule has 0 bridgehead atoms. The summed E-state index contributed by atoms with van der Waals surface area (Å²) in [5.41, 5.74) is -5.67. The molecule has 1 saturated heterocycles. The Labute approximate surface area is 196 Å². The summed E-state index contributed by atoms with van der Waals surface area (Å²) < 4.78 is 86.3. The first-order valence-corrected chi connectivity index (χ1v) is 10.4. The zero-order valence-corrected chi connectivity index (χ0v) is 19.0. The van der Waals surface area contributed by atoms with E-state index in [2.05, 4.69) is 4.98 Å². The molecule has 4 atom stereocenters. The number of carbonyl (C=O) groups excluding carboxylic acids is 1. The summed E-state index contributed by atoms with van der Waals surface area (Å²) in [6.07, 6.45) is -5.69. The molecule has 0 radical (unpaired) electrons. The van der Waals surface area contributed by atoms with Gasteiger partial charge in [0.15, 0.2) is 17.2 Å². The molecule has 1 aromatic carbocycles. The van der Waals surface area contributed by atoms with Gasteiger partial charge >= 0.3 is 12.1 Å². The summed E-state index contributed by atoms with van der Waals surface area (Å²) >= 11 is 0. The number of pyridine rings is 1. The highest BCUT2D eigenvalue weighted by molar-refractivity contribution is 5.91. The highest BCUT2D eigenvalue weighted by atomic mass is 19.4. The molecule has 2 heterocycles. The van der Waals surface area contributed by atoms with Gasteiger partial charge in [-0.15, -0.1) is 0 Å². The minimum Gasteiger partial charge on any atom is -0.493 e. The van der Waals surface area contributed by atoms with Crippen molar-refractivity contribution in [3.63, 3.8) is 0 Å². The molecular formula is C23H21F5N2O5. The smallest absolute Gasteiger partial charge is 0.417 e. The van der Waals surface area contributed by atoms with Gasteiger partial charge in [-0.05, 0) is 19.9 Å². The van der Waals surface area contributed by atoms with Gasteiger partial charge in [0.2, 0.25) is 11.2 Å². The largest absolute Gasteiger partial charge is 0.493 e. The van der Waals surface area contributed by atoms with Crippen molar-refractivity contribution in [2.45, 2.75) is 44.6 Å². The van der Waals surface area contributed by atoms with Crippen LogP contribution >= 0.6 is 0 Å². The van der Waals surface area contributed by atoms with E-state index >= 15 is 0 Å². The maximum atomic E-state index is 14.5. The maximum absolute atomic E-state index is 14.5. The van der Waals surface area contributed by atoms with Gasteiger partial charge in [0, 0.05) is 23.6 Å². The molecule has 188 valence electrons. The monoisotopic (exact) mass is 500 g/mol. The molecule has 1 aliphatic heterocycles. The second-order valence-electron chi connectivity index (χ2n) is 8.09. The molecule has 7 nitrogen and oxygen atoms in total. The Bertz CT molecular complexity index is 1250. The average molecular weight is 500 g/mol. The van der Waals surface area contributed by atoms with Crippen molar-refractivity contribution in [3.8, 4) is 11.8 Å². The summed E-state index contributed by atoms with van der Waals surface area (Å²) in [5.74, 6) is -7.34. The number of alkyl halides is 3. The Morgan fingerprint density at radius 2 is 1.97 bits per heavy atom. The van der Waals surface area contributed by atoms with Gasteiger partial charge in [-0.2, -0.15) is 22.8 Å². The minimum absolute atomic E-state index is 0.170. The molecule has 1 aliphatic rings. The second-order valence-corrected chi connectivity index (χ2v) is 8.09. The number of halogens is 5. The number of nitrogens with one attached hydrogen (secondary N) is 1. The number of aromatic nitrogens is 1. The number of esters is 1. The summed E-state index contributed by atoms with van der Waals surface area (Å²) in [6, 6.07) is 3.38. The fourth-order valence-corrected chi connectivity index (χ4v) is 4.32. The number of methoxy groups -OCH3 is 1. The van der Waals surface area contributed by atoms with Gasteiger partial charge in [0.25, 0.3) is 0 Å². The molecule has 12 heteroatoms. The molecule has 1 aromatic heterocycles. The van der Waals surface area contributed by atoms with E-state index in [1.165, 1.54) is 13.8 Å². The number of ether oxygens (including phenoxy) is 3. The topological polar surface area (TPSA) is 101 Å². The van der Waals surface area contributed by atoms with Crippen molar-refractivity contribution in [3.05, 3.63) is 62.6 Å². The lowest BCUT2D eigenvalue weighted by Gasteiger charge is -2.32. The predicted octanol–water partition coefficient (Wildman–Crippen LogP) is 4.52. The van der Waals surface area contributed by atoms with Gasteiger partial charge in [0.05, 0.1) is 19.4 Å². The summed E-state index contributed by atoms with van der Waals surface area (Å²) in [5, 5.41) is 9.20. The third kappa shape index (κ3) is 4.14. The van der Waals surface area contributed by atoms with Gasteiger partial charge in [-0.1, -0.05) is 13.0 Å². The fraction of sp³-hybridized carbons (Fsp3) is 0.435. The lowest BCUT2D eigenvalue weighted by atomic mass is 9.76. The Kier molecular flexibility index (Phi) is 6.95. The molecule has 35 heavy (non-hydrogen) atoms. The number of hydrogen-bond donors (Lipinski definition) is 1. The quantitative estimate of drug-likeness (QED) is 0.479. The molecular weight excluding hydrogens is 479 g/mol. The molecule has 0 amide bonds.